The van der Waals surface area contributed by atoms with Crippen LogP contribution in [0.3, 0.4) is 0 Å². The smallest absolute Gasteiger partial charge is 0.433 e. The highest BCUT2D eigenvalue weighted by Crippen LogP contribution is 2.30. The monoisotopic (exact) mass is 442 g/mol. The maximum absolute atomic E-state index is 13.9. The number of amides is 1. The number of carbonyl (C=O) groups excluding carboxylic acids is 1. The Kier molecular flexibility index (Phi) is 5.58. The minimum Gasteiger partial charge on any atom is -0.469 e. The Bertz CT molecular complexity index is 986. The second-order valence-electron chi connectivity index (χ2n) is 7.33. The minimum absolute atomic E-state index is 0.0369. The summed E-state index contributed by atoms with van der Waals surface area (Å²) in [4.78, 5) is 17.1. The molecule has 0 bridgehead atoms. The first kappa shape index (κ1) is 21.5. The highest BCUT2D eigenvalue weighted by molar-refractivity contribution is 5.98. The van der Waals surface area contributed by atoms with Crippen molar-refractivity contribution in [1.29, 1.82) is 0 Å². The fourth-order valence-electron chi connectivity index (χ4n) is 3.65. The van der Waals surface area contributed by atoms with E-state index in [0.29, 0.717) is 5.56 Å². The number of aliphatic hydroxyl groups is 2. The van der Waals surface area contributed by atoms with E-state index in [4.69, 9.17) is 9.47 Å². The van der Waals surface area contributed by atoms with Gasteiger partial charge in [0.1, 0.15) is 29.8 Å². The molecule has 4 atom stereocenters. The molecule has 2 N–H and O–H groups in total. The maximum atomic E-state index is 13.9. The van der Waals surface area contributed by atoms with Crippen LogP contribution in [0.1, 0.15) is 21.6 Å². The summed E-state index contributed by atoms with van der Waals surface area (Å²) in [5.41, 5.74) is -0.688. The van der Waals surface area contributed by atoms with Crippen LogP contribution in [0, 0.1) is 5.82 Å². The number of rotatable bonds is 4. The van der Waals surface area contributed by atoms with Crippen molar-refractivity contribution in [2.24, 2.45) is 0 Å². The summed E-state index contributed by atoms with van der Waals surface area (Å²) < 4.78 is 63.1. The van der Waals surface area contributed by atoms with Crippen molar-refractivity contribution in [3.8, 4) is 5.88 Å². The number of pyridine rings is 1. The number of hydrogen-bond donors (Lipinski definition) is 2. The number of hydrogen-bond acceptors (Lipinski definition) is 6. The van der Waals surface area contributed by atoms with Gasteiger partial charge in [-0.05, 0) is 17.7 Å². The van der Waals surface area contributed by atoms with E-state index in [0.717, 1.165) is 12.1 Å². The summed E-state index contributed by atoms with van der Waals surface area (Å²) in [7, 11) is 0. The number of carbonyl (C=O) groups is 1. The number of aromatic nitrogens is 1. The first-order valence-corrected chi connectivity index (χ1v) is 9.40. The van der Waals surface area contributed by atoms with Gasteiger partial charge in [-0.25, -0.2) is 9.37 Å². The third-order valence-corrected chi connectivity index (χ3v) is 5.23. The van der Waals surface area contributed by atoms with Crippen molar-refractivity contribution < 1.29 is 42.0 Å². The first-order chi connectivity index (χ1) is 14.6. The van der Waals surface area contributed by atoms with E-state index in [1.807, 2.05) is 0 Å². The number of halogens is 4. The average Bonchev–Trinajstić information content (AvgIpc) is 3.04. The van der Waals surface area contributed by atoms with Gasteiger partial charge in [0, 0.05) is 12.6 Å². The fraction of sp³-hybridized carbons (Fsp3) is 0.400. The van der Waals surface area contributed by atoms with E-state index < -0.39 is 48.0 Å². The lowest BCUT2D eigenvalue weighted by Crippen LogP contribution is -2.57. The fourth-order valence-corrected chi connectivity index (χ4v) is 3.65. The van der Waals surface area contributed by atoms with Crippen LogP contribution < -0.4 is 4.74 Å². The molecule has 1 aromatic heterocycles. The molecule has 2 aromatic rings. The third-order valence-electron chi connectivity index (χ3n) is 5.23. The quantitative estimate of drug-likeness (QED) is 0.702. The van der Waals surface area contributed by atoms with Crippen molar-refractivity contribution in [2.45, 2.75) is 37.1 Å². The topological polar surface area (TPSA) is 92.1 Å². The standard InChI is InChI=1S/C20H18F4N2O5/c21-11-4-1-3-10-7-26(19(29)16(10)11)8-12-17(27)18(28)13(9-30-12)31-15-6-2-5-14(25-15)20(22,23)24/h1-6,12-13,17-18,27-28H,7-9H2/t12-,13+,17+,18-/m1/s1. The minimum atomic E-state index is -4.66. The molecule has 0 spiro atoms. The van der Waals surface area contributed by atoms with Gasteiger partial charge in [-0.2, -0.15) is 13.2 Å². The highest BCUT2D eigenvalue weighted by Gasteiger charge is 2.43. The largest absolute Gasteiger partial charge is 0.469 e. The molecule has 0 aliphatic carbocycles. The van der Waals surface area contributed by atoms with Crippen LogP contribution in [-0.4, -0.2) is 63.6 Å². The Hall–Kier alpha value is -2.76. The van der Waals surface area contributed by atoms with Gasteiger partial charge in [0.25, 0.3) is 5.91 Å². The van der Waals surface area contributed by atoms with Gasteiger partial charge in [0.2, 0.25) is 5.88 Å². The molecule has 31 heavy (non-hydrogen) atoms. The van der Waals surface area contributed by atoms with Gasteiger partial charge in [-0.1, -0.05) is 18.2 Å². The molecule has 2 aliphatic rings. The number of benzene rings is 1. The molecule has 0 radical (unpaired) electrons. The van der Waals surface area contributed by atoms with Crippen LogP contribution in [0.5, 0.6) is 5.88 Å². The molecule has 0 saturated carbocycles. The van der Waals surface area contributed by atoms with Crippen molar-refractivity contribution >= 4 is 5.91 Å². The van der Waals surface area contributed by atoms with E-state index in [2.05, 4.69) is 4.98 Å². The molecule has 7 nitrogen and oxygen atoms in total. The Balaban J connectivity index is 1.40. The average molecular weight is 442 g/mol. The summed E-state index contributed by atoms with van der Waals surface area (Å²) in [6.07, 6.45) is -9.83. The molecule has 1 fully saturated rings. The van der Waals surface area contributed by atoms with Crippen LogP contribution in [0.15, 0.2) is 36.4 Å². The maximum Gasteiger partial charge on any atom is 0.433 e. The predicted molar refractivity (Wildman–Crippen MR) is 96.5 cm³/mol. The van der Waals surface area contributed by atoms with E-state index in [1.54, 1.807) is 6.07 Å². The Morgan fingerprint density at radius 1 is 1.16 bits per heavy atom. The zero-order chi connectivity index (χ0) is 22.3. The first-order valence-electron chi connectivity index (χ1n) is 9.40. The second kappa shape index (κ2) is 8.06. The molecule has 2 aliphatic heterocycles. The third kappa shape index (κ3) is 4.21. The lowest BCUT2D eigenvalue weighted by Gasteiger charge is -2.38. The molecule has 1 aromatic carbocycles. The van der Waals surface area contributed by atoms with E-state index >= 15 is 0 Å². The van der Waals surface area contributed by atoms with Gasteiger partial charge >= 0.3 is 6.18 Å². The van der Waals surface area contributed by atoms with Crippen LogP contribution in [-0.2, 0) is 17.5 Å². The van der Waals surface area contributed by atoms with E-state index in [-0.39, 0.29) is 31.1 Å². The SMILES string of the molecule is O=C1c2c(F)cccc2CN1C[C@H]1OC[C@H](Oc2cccc(C(F)(F)F)n2)[C@@H](O)[C@H]1O. The summed E-state index contributed by atoms with van der Waals surface area (Å²) in [6.45, 7) is -0.243. The number of ether oxygens (including phenoxy) is 2. The number of nitrogens with zero attached hydrogens (tertiary/aromatic N) is 2. The van der Waals surface area contributed by atoms with Gasteiger partial charge in [0.05, 0.1) is 18.7 Å². The summed E-state index contributed by atoms with van der Waals surface area (Å²) in [5.74, 6) is -1.57. The van der Waals surface area contributed by atoms with E-state index in [1.165, 1.54) is 23.1 Å². The van der Waals surface area contributed by atoms with Crippen molar-refractivity contribution in [3.05, 3.63) is 59.0 Å². The highest BCUT2D eigenvalue weighted by atomic mass is 19.4. The molecular formula is C20H18F4N2O5. The summed E-state index contributed by atoms with van der Waals surface area (Å²) in [6, 6.07) is 7.37. The van der Waals surface area contributed by atoms with Crippen molar-refractivity contribution in [1.82, 2.24) is 9.88 Å². The Labute approximate surface area is 173 Å². The van der Waals surface area contributed by atoms with Gasteiger partial charge < -0.3 is 24.6 Å². The molecule has 4 rings (SSSR count). The second-order valence-corrected chi connectivity index (χ2v) is 7.33. The molecule has 11 heteroatoms. The number of alkyl halides is 3. The van der Waals surface area contributed by atoms with Gasteiger partial charge in [-0.15, -0.1) is 0 Å². The van der Waals surface area contributed by atoms with Crippen LogP contribution >= 0.6 is 0 Å². The molecular weight excluding hydrogens is 424 g/mol. The number of aliphatic hydroxyl groups excluding tert-OH is 2. The van der Waals surface area contributed by atoms with Crippen LogP contribution in [0.2, 0.25) is 0 Å². The van der Waals surface area contributed by atoms with Crippen LogP contribution in [0.4, 0.5) is 17.6 Å². The molecule has 166 valence electrons. The Morgan fingerprint density at radius 3 is 2.61 bits per heavy atom. The zero-order valence-electron chi connectivity index (χ0n) is 15.9. The predicted octanol–water partition coefficient (Wildman–Crippen LogP) is 1.76. The molecule has 1 amide bonds. The number of fused-ring (bicyclic) bond motifs is 1. The summed E-state index contributed by atoms with van der Waals surface area (Å²) in [5, 5.41) is 20.8. The molecule has 1 saturated heterocycles. The van der Waals surface area contributed by atoms with E-state index in [9.17, 15) is 32.6 Å². The Morgan fingerprint density at radius 2 is 1.90 bits per heavy atom. The lowest BCUT2D eigenvalue weighted by molar-refractivity contribution is -0.183. The van der Waals surface area contributed by atoms with Gasteiger partial charge in [0.15, 0.2) is 6.10 Å². The normalized spacial score (nSPS) is 26.1. The van der Waals surface area contributed by atoms with Crippen molar-refractivity contribution in [2.75, 3.05) is 13.2 Å². The van der Waals surface area contributed by atoms with Gasteiger partial charge in [-0.3, -0.25) is 4.79 Å². The lowest BCUT2D eigenvalue weighted by atomic mass is 9.99. The molecule has 0 unspecified atom stereocenters. The zero-order valence-corrected chi connectivity index (χ0v) is 15.9. The summed E-state index contributed by atoms with van der Waals surface area (Å²) >= 11 is 0. The van der Waals surface area contributed by atoms with Crippen LogP contribution in [0.25, 0.3) is 0 Å². The molecule has 3 heterocycles. The van der Waals surface area contributed by atoms with Crippen molar-refractivity contribution in [3.63, 3.8) is 0 Å².